The van der Waals surface area contributed by atoms with E-state index in [1.807, 2.05) is 34.5 Å². The summed E-state index contributed by atoms with van der Waals surface area (Å²) in [6.07, 6.45) is 1.68. The van der Waals surface area contributed by atoms with E-state index < -0.39 is 12.0 Å². The number of benzene rings is 2. The lowest BCUT2D eigenvalue weighted by Crippen LogP contribution is -2.53. The average molecular weight is 619 g/mol. The van der Waals surface area contributed by atoms with Gasteiger partial charge in [0.15, 0.2) is 10.8 Å². The number of nitrogens with one attached hydrogen (secondary N) is 1. The van der Waals surface area contributed by atoms with Crippen LogP contribution in [-0.4, -0.2) is 85.0 Å². The molecular weight excluding hydrogens is 587 g/mol. The number of piperazine rings is 1. The summed E-state index contributed by atoms with van der Waals surface area (Å²) in [5.41, 5.74) is 3.50. The number of hydrogen-bond donors (Lipinski definition) is 1. The van der Waals surface area contributed by atoms with Crippen LogP contribution in [0.25, 0.3) is 0 Å². The van der Waals surface area contributed by atoms with Crippen molar-refractivity contribution in [2.24, 2.45) is 4.99 Å². The van der Waals surface area contributed by atoms with Crippen LogP contribution in [0.3, 0.4) is 0 Å². The van der Waals surface area contributed by atoms with Crippen LogP contribution in [0.1, 0.15) is 27.7 Å². The van der Waals surface area contributed by atoms with Gasteiger partial charge in [-0.25, -0.2) is 19.0 Å². The van der Waals surface area contributed by atoms with Crippen LogP contribution in [0.4, 0.5) is 14.9 Å². The van der Waals surface area contributed by atoms with E-state index in [0.29, 0.717) is 72.4 Å². The Morgan fingerprint density at radius 1 is 1.18 bits per heavy atom. The molecule has 1 aromatic heterocycles. The highest BCUT2D eigenvalue weighted by Gasteiger charge is 2.42. The zero-order chi connectivity index (χ0) is 30.8. The summed E-state index contributed by atoms with van der Waals surface area (Å²) in [6.45, 7) is 4.82. The van der Waals surface area contributed by atoms with Gasteiger partial charge in [0.05, 0.1) is 18.7 Å². The molecule has 0 aliphatic carbocycles. The summed E-state index contributed by atoms with van der Waals surface area (Å²) < 4.78 is 24.7. The zero-order valence-electron chi connectivity index (χ0n) is 24.2. The van der Waals surface area contributed by atoms with E-state index in [9.17, 15) is 18.8 Å². The van der Waals surface area contributed by atoms with Crippen molar-refractivity contribution in [3.05, 3.63) is 92.8 Å². The van der Waals surface area contributed by atoms with Crippen LogP contribution < -0.4 is 10.2 Å². The third-order valence-corrected chi connectivity index (χ3v) is 8.93. The number of carbonyl (C=O) groups is 3. The molecule has 2 fully saturated rings. The van der Waals surface area contributed by atoms with Crippen LogP contribution in [0.2, 0.25) is 0 Å². The maximum Gasteiger partial charge on any atom is 0.338 e. The van der Waals surface area contributed by atoms with Gasteiger partial charge in [0.1, 0.15) is 18.5 Å². The van der Waals surface area contributed by atoms with Gasteiger partial charge >= 0.3 is 12.0 Å². The lowest BCUT2D eigenvalue weighted by molar-refractivity contribution is -0.136. The van der Waals surface area contributed by atoms with Crippen molar-refractivity contribution in [2.45, 2.75) is 25.6 Å². The quantitative estimate of drug-likeness (QED) is 0.287. The summed E-state index contributed by atoms with van der Waals surface area (Å²) in [7, 11) is 1.32. The van der Waals surface area contributed by atoms with Crippen molar-refractivity contribution >= 4 is 41.3 Å². The first-order valence-electron chi connectivity index (χ1n) is 14.1. The van der Waals surface area contributed by atoms with Gasteiger partial charge in [0.25, 0.3) is 6.47 Å². The molecule has 13 heteroatoms. The third-order valence-electron chi connectivity index (χ3n) is 8.15. The number of ether oxygens (including phenoxy) is 2. The molecule has 4 heterocycles. The SMILES string of the molecule is COC(=O)C1=C(CN2CCN3C(=O)N(c4ccc(COC=O)cc4)C[C@@H]3C2)NC(c2nccs2)=N[C@H]1c1cccc(F)c1C. The van der Waals surface area contributed by atoms with Gasteiger partial charge in [-0.15, -0.1) is 11.3 Å². The molecule has 2 atom stereocenters. The van der Waals surface area contributed by atoms with Crippen LogP contribution in [0.5, 0.6) is 0 Å². The monoisotopic (exact) mass is 618 g/mol. The van der Waals surface area contributed by atoms with Gasteiger partial charge < -0.3 is 19.7 Å². The minimum Gasteiger partial charge on any atom is -0.466 e. The zero-order valence-corrected chi connectivity index (χ0v) is 25.1. The molecule has 0 spiro atoms. The number of nitrogens with zero attached hydrogens (tertiary/aromatic N) is 5. The molecule has 3 aliphatic rings. The Morgan fingerprint density at radius 3 is 2.73 bits per heavy atom. The maximum absolute atomic E-state index is 14.7. The Balaban J connectivity index is 1.26. The topological polar surface area (TPSA) is 117 Å². The average Bonchev–Trinajstić information content (AvgIpc) is 3.69. The summed E-state index contributed by atoms with van der Waals surface area (Å²) in [5.74, 6) is -0.432. The molecule has 3 aromatic rings. The highest BCUT2D eigenvalue weighted by Crippen LogP contribution is 2.36. The lowest BCUT2D eigenvalue weighted by atomic mass is 9.92. The smallest absolute Gasteiger partial charge is 0.338 e. The predicted octanol–water partition coefficient (Wildman–Crippen LogP) is 3.41. The van der Waals surface area contributed by atoms with Gasteiger partial charge in [-0.1, -0.05) is 24.3 Å². The Bertz CT molecular complexity index is 1630. The number of rotatable bonds is 9. The van der Waals surface area contributed by atoms with Crippen LogP contribution in [0, 0.1) is 12.7 Å². The molecule has 44 heavy (non-hydrogen) atoms. The number of halogens is 1. The summed E-state index contributed by atoms with van der Waals surface area (Å²) in [4.78, 5) is 52.2. The van der Waals surface area contributed by atoms with Crippen LogP contribution >= 0.6 is 11.3 Å². The van der Waals surface area contributed by atoms with Crippen LogP contribution in [0.15, 0.2) is 70.3 Å². The van der Waals surface area contributed by atoms with Gasteiger partial charge in [-0.05, 0) is 41.8 Å². The highest BCUT2D eigenvalue weighted by molar-refractivity contribution is 7.11. The fourth-order valence-corrected chi connectivity index (χ4v) is 6.51. The van der Waals surface area contributed by atoms with Gasteiger partial charge in [0.2, 0.25) is 0 Å². The fourth-order valence-electron chi connectivity index (χ4n) is 5.92. The first-order chi connectivity index (χ1) is 21.4. The summed E-state index contributed by atoms with van der Waals surface area (Å²) in [5, 5.41) is 5.84. The molecule has 6 rings (SSSR count). The number of esters is 1. The molecule has 3 aliphatic heterocycles. The number of urea groups is 1. The maximum atomic E-state index is 14.7. The Morgan fingerprint density at radius 2 is 2.00 bits per heavy atom. The van der Waals surface area contributed by atoms with E-state index in [1.54, 1.807) is 30.2 Å². The Kier molecular flexibility index (Phi) is 8.40. The van der Waals surface area contributed by atoms with Crippen LogP contribution in [-0.2, 0) is 25.7 Å². The molecule has 2 amide bonds. The highest BCUT2D eigenvalue weighted by atomic mass is 32.1. The second-order valence-electron chi connectivity index (χ2n) is 10.7. The molecule has 0 unspecified atom stereocenters. The van der Waals surface area contributed by atoms with E-state index in [1.165, 1.54) is 24.5 Å². The molecule has 228 valence electrons. The molecule has 1 N–H and O–H groups in total. The van der Waals surface area contributed by atoms with E-state index in [2.05, 4.69) is 15.2 Å². The molecule has 0 radical (unpaired) electrons. The number of amidine groups is 1. The number of aromatic nitrogens is 1. The Hall–Kier alpha value is -4.62. The summed E-state index contributed by atoms with van der Waals surface area (Å²) >= 11 is 1.41. The number of thiazole rings is 1. The first kappa shape index (κ1) is 29.5. The molecular formula is C31H31FN6O5S. The number of hydrogen-bond acceptors (Lipinski definition) is 10. The van der Waals surface area contributed by atoms with Crippen molar-refractivity contribution in [1.82, 2.24) is 20.1 Å². The van der Waals surface area contributed by atoms with Crippen molar-refractivity contribution < 1.29 is 28.2 Å². The van der Waals surface area contributed by atoms with Crippen molar-refractivity contribution in [2.75, 3.05) is 44.7 Å². The van der Waals surface area contributed by atoms with Crippen molar-refractivity contribution in [1.29, 1.82) is 0 Å². The van der Waals surface area contributed by atoms with E-state index in [-0.39, 0.29) is 24.5 Å². The number of anilines is 1. The standard InChI is InChI=1S/C31H31FN6O5S/c1-19-23(4-3-5-24(19)32)27-26(30(40)42-2)25(34-28(35-27)29-33-10-13-44-29)16-36-11-12-37-22(14-36)15-38(31(37)41)21-8-6-20(7-9-21)17-43-18-39/h3-10,13,18,22,27H,11-12,14-17H2,1-2H3,(H,34,35)/t22-,27-/m0/s1. The molecule has 2 aromatic carbocycles. The lowest BCUT2D eigenvalue weighted by Gasteiger charge is -2.38. The van der Waals surface area contributed by atoms with Crippen molar-refractivity contribution in [3.8, 4) is 0 Å². The number of carbonyl (C=O) groups excluding carboxylic acids is 3. The normalized spacial score (nSPS) is 20.2. The summed E-state index contributed by atoms with van der Waals surface area (Å²) in [6, 6.07) is 11.2. The number of methoxy groups -OCH3 is 1. The number of amides is 2. The minimum absolute atomic E-state index is 0.0587. The molecule has 11 nitrogen and oxygen atoms in total. The molecule has 0 bridgehead atoms. The van der Waals surface area contributed by atoms with Gasteiger partial charge in [-0.3, -0.25) is 19.6 Å². The number of fused-ring (bicyclic) bond motifs is 1. The Labute approximate surface area is 257 Å². The van der Waals surface area contributed by atoms with E-state index in [4.69, 9.17) is 14.5 Å². The third kappa shape index (κ3) is 5.67. The predicted molar refractivity (Wildman–Crippen MR) is 162 cm³/mol. The van der Waals surface area contributed by atoms with Crippen molar-refractivity contribution in [3.63, 3.8) is 0 Å². The van der Waals surface area contributed by atoms with Gasteiger partial charge in [0, 0.05) is 55.7 Å². The molecule has 0 saturated carbocycles. The van der Waals surface area contributed by atoms with Gasteiger partial charge in [-0.2, -0.15) is 0 Å². The largest absolute Gasteiger partial charge is 0.466 e. The van der Waals surface area contributed by atoms with E-state index >= 15 is 0 Å². The first-order valence-corrected chi connectivity index (χ1v) is 15.0. The second-order valence-corrected chi connectivity index (χ2v) is 11.6. The van der Waals surface area contributed by atoms with E-state index in [0.717, 1.165) is 11.3 Å². The number of aliphatic imine (C=N–C) groups is 1. The second kappa shape index (κ2) is 12.5. The fraction of sp³-hybridized carbons (Fsp3) is 0.323. The minimum atomic E-state index is -0.793. The molecule has 2 saturated heterocycles.